The fraction of sp³-hybridized carbons (Fsp3) is 0.292. The number of nitrogens with one attached hydrogen (secondary N) is 1. The fourth-order valence-corrected chi connectivity index (χ4v) is 4.01. The van der Waals surface area contributed by atoms with Crippen LogP contribution < -0.4 is 20.9 Å². The number of pyridine rings is 1. The van der Waals surface area contributed by atoms with Crippen LogP contribution in [0.3, 0.4) is 0 Å². The summed E-state index contributed by atoms with van der Waals surface area (Å²) >= 11 is 0. The Labute approximate surface area is 183 Å². The van der Waals surface area contributed by atoms with Gasteiger partial charge in [-0.1, -0.05) is 31.6 Å². The summed E-state index contributed by atoms with van der Waals surface area (Å²) in [5.41, 5.74) is 10.1. The highest BCUT2D eigenvalue weighted by atomic mass is 15.3. The van der Waals surface area contributed by atoms with E-state index in [2.05, 4.69) is 49.9 Å². The van der Waals surface area contributed by atoms with Crippen LogP contribution in [0.15, 0.2) is 67.4 Å². The predicted molar refractivity (Wildman–Crippen MR) is 128 cm³/mol. The molecule has 3 aromatic rings. The Kier molecular flexibility index (Phi) is 6.02. The van der Waals surface area contributed by atoms with Crippen LogP contribution in [0.2, 0.25) is 0 Å². The number of aromatic nitrogens is 3. The Morgan fingerprint density at radius 3 is 2.65 bits per heavy atom. The van der Waals surface area contributed by atoms with Gasteiger partial charge >= 0.3 is 0 Å². The van der Waals surface area contributed by atoms with Crippen molar-refractivity contribution in [3.63, 3.8) is 0 Å². The van der Waals surface area contributed by atoms with E-state index in [4.69, 9.17) is 10.7 Å². The molecule has 7 nitrogen and oxygen atoms in total. The van der Waals surface area contributed by atoms with E-state index in [1.165, 1.54) is 12.8 Å². The van der Waals surface area contributed by atoms with Gasteiger partial charge in [0.1, 0.15) is 11.6 Å². The van der Waals surface area contributed by atoms with Crippen molar-refractivity contribution in [3.05, 3.63) is 67.4 Å². The third-order valence-electron chi connectivity index (χ3n) is 5.61. The van der Waals surface area contributed by atoms with Gasteiger partial charge in [-0.15, -0.1) is 0 Å². The number of nitrogens with two attached hydrogens (primary N) is 1. The molecular formula is C24H29N7. The van der Waals surface area contributed by atoms with Gasteiger partial charge in [-0.25, -0.2) is 9.97 Å². The molecule has 3 N–H and O–H groups in total. The molecule has 0 bridgehead atoms. The summed E-state index contributed by atoms with van der Waals surface area (Å²) in [5, 5.41) is 3.28. The average Bonchev–Trinajstić information content (AvgIpc) is 3.30. The normalized spacial score (nSPS) is 13.7. The molecule has 1 aliphatic rings. The molecule has 0 spiro atoms. The van der Waals surface area contributed by atoms with Gasteiger partial charge in [-0.3, -0.25) is 4.98 Å². The predicted octanol–water partition coefficient (Wildman–Crippen LogP) is 4.52. The molecular weight excluding hydrogens is 386 g/mol. The summed E-state index contributed by atoms with van der Waals surface area (Å²) in [6.07, 6.45) is 9.49. The summed E-state index contributed by atoms with van der Waals surface area (Å²) in [4.78, 5) is 17.7. The maximum absolute atomic E-state index is 6.44. The van der Waals surface area contributed by atoms with E-state index < -0.39 is 0 Å². The van der Waals surface area contributed by atoms with E-state index in [1.54, 1.807) is 18.6 Å². The molecule has 160 valence electrons. The summed E-state index contributed by atoms with van der Waals surface area (Å²) in [5.74, 6) is 2.07. The number of nitrogen functional groups attached to an aromatic ring is 1. The Bertz CT molecular complexity index is 1040. The van der Waals surface area contributed by atoms with Gasteiger partial charge in [0.05, 0.1) is 17.6 Å². The molecule has 1 aliphatic carbocycles. The van der Waals surface area contributed by atoms with Gasteiger partial charge in [0, 0.05) is 43.8 Å². The Morgan fingerprint density at radius 1 is 1.13 bits per heavy atom. The SMILES string of the molecule is C=C(Nc1cnccn1)N(c1nc(-c2cccc(N(C)C)c2)ccc1N)C1CCCC1. The molecule has 0 radical (unpaired) electrons. The van der Waals surface area contributed by atoms with Gasteiger partial charge in [-0.05, 0) is 37.1 Å². The molecule has 0 aliphatic heterocycles. The van der Waals surface area contributed by atoms with Gasteiger partial charge < -0.3 is 20.9 Å². The van der Waals surface area contributed by atoms with E-state index in [-0.39, 0.29) is 6.04 Å². The number of rotatable bonds is 7. The van der Waals surface area contributed by atoms with Crippen LogP contribution in [-0.2, 0) is 0 Å². The highest BCUT2D eigenvalue weighted by Crippen LogP contribution is 2.35. The van der Waals surface area contributed by atoms with Gasteiger partial charge in [-0.2, -0.15) is 0 Å². The lowest BCUT2D eigenvalue weighted by molar-refractivity contribution is 0.651. The first-order valence-electron chi connectivity index (χ1n) is 10.6. The molecule has 2 aromatic heterocycles. The molecule has 1 fully saturated rings. The lowest BCUT2D eigenvalue weighted by Gasteiger charge is -2.33. The first kappa shape index (κ1) is 20.7. The number of benzene rings is 1. The van der Waals surface area contributed by atoms with Gasteiger partial charge in [0.2, 0.25) is 0 Å². The van der Waals surface area contributed by atoms with Gasteiger partial charge in [0.15, 0.2) is 5.82 Å². The van der Waals surface area contributed by atoms with Crippen molar-refractivity contribution in [2.24, 2.45) is 0 Å². The zero-order chi connectivity index (χ0) is 21.8. The standard InChI is InChI=1S/C24H29N7/c1-17(28-23-16-26-13-14-27-23)31(19-8-4-5-9-19)24-21(25)11-12-22(29-24)18-7-6-10-20(15-18)30(2)3/h6-7,10-16,19H,1,4-5,8-9,25H2,2-3H3,(H,27,28). The second kappa shape index (κ2) is 9.04. The quantitative estimate of drug-likeness (QED) is 0.587. The van der Waals surface area contributed by atoms with E-state index >= 15 is 0 Å². The summed E-state index contributed by atoms with van der Waals surface area (Å²) in [7, 11) is 4.07. The second-order valence-corrected chi connectivity index (χ2v) is 8.02. The van der Waals surface area contributed by atoms with Crippen molar-refractivity contribution in [2.45, 2.75) is 31.7 Å². The van der Waals surface area contributed by atoms with Crippen molar-refractivity contribution in [2.75, 3.05) is 34.9 Å². The Morgan fingerprint density at radius 2 is 1.94 bits per heavy atom. The lowest BCUT2D eigenvalue weighted by Crippen LogP contribution is -2.36. The van der Waals surface area contributed by atoms with Crippen molar-refractivity contribution in [3.8, 4) is 11.3 Å². The topological polar surface area (TPSA) is 83.2 Å². The smallest absolute Gasteiger partial charge is 0.158 e. The minimum atomic E-state index is 0.287. The molecule has 7 heteroatoms. The average molecular weight is 416 g/mol. The Balaban J connectivity index is 1.72. The highest BCUT2D eigenvalue weighted by Gasteiger charge is 2.28. The second-order valence-electron chi connectivity index (χ2n) is 8.02. The highest BCUT2D eigenvalue weighted by molar-refractivity contribution is 5.74. The molecule has 0 amide bonds. The van der Waals surface area contributed by atoms with Crippen LogP contribution in [-0.4, -0.2) is 35.1 Å². The first-order valence-corrected chi connectivity index (χ1v) is 10.6. The maximum Gasteiger partial charge on any atom is 0.158 e. The first-order chi connectivity index (χ1) is 15.0. The van der Waals surface area contributed by atoms with Crippen molar-refractivity contribution in [1.29, 1.82) is 0 Å². The maximum atomic E-state index is 6.44. The molecule has 31 heavy (non-hydrogen) atoms. The summed E-state index contributed by atoms with van der Waals surface area (Å²) in [6, 6.07) is 12.5. The summed E-state index contributed by atoms with van der Waals surface area (Å²) in [6.45, 7) is 4.30. The zero-order valence-electron chi connectivity index (χ0n) is 18.1. The fourth-order valence-electron chi connectivity index (χ4n) is 4.01. The third-order valence-corrected chi connectivity index (χ3v) is 5.61. The minimum Gasteiger partial charge on any atom is -0.396 e. The summed E-state index contributed by atoms with van der Waals surface area (Å²) < 4.78 is 0. The lowest BCUT2D eigenvalue weighted by atomic mass is 10.1. The molecule has 1 saturated carbocycles. The van der Waals surface area contributed by atoms with E-state index in [9.17, 15) is 0 Å². The van der Waals surface area contributed by atoms with Crippen LogP contribution in [0.25, 0.3) is 11.3 Å². The van der Waals surface area contributed by atoms with Crippen molar-refractivity contribution < 1.29 is 0 Å². The van der Waals surface area contributed by atoms with Crippen LogP contribution >= 0.6 is 0 Å². The molecule has 4 rings (SSSR count). The third kappa shape index (κ3) is 4.60. The van der Waals surface area contributed by atoms with Crippen LogP contribution in [0, 0.1) is 0 Å². The molecule has 0 saturated heterocycles. The molecule has 1 aromatic carbocycles. The van der Waals surface area contributed by atoms with E-state index in [0.717, 1.165) is 35.6 Å². The van der Waals surface area contributed by atoms with E-state index in [1.807, 2.05) is 32.3 Å². The molecule has 0 unspecified atom stereocenters. The van der Waals surface area contributed by atoms with Crippen LogP contribution in [0.1, 0.15) is 25.7 Å². The zero-order valence-corrected chi connectivity index (χ0v) is 18.1. The number of hydrogen-bond acceptors (Lipinski definition) is 7. The molecule has 2 heterocycles. The van der Waals surface area contributed by atoms with Crippen molar-refractivity contribution in [1.82, 2.24) is 15.0 Å². The number of nitrogens with zero attached hydrogens (tertiary/aromatic N) is 5. The molecule has 0 atom stereocenters. The minimum absolute atomic E-state index is 0.287. The Hall–Kier alpha value is -3.61. The van der Waals surface area contributed by atoms with E-state index in [0.29, 0.717) is 17.3 Å². The monoisotopic (exact) mass is 415 g/mol. The number of hydrogen-bond donors (Lipinski definition) is 2. The van der Waals surface area contributed by atoms with Crippen molar-refractivity contribution >= 4 is 23.0 Å². The van der Waals surface area contributed by atoms with Crippen LogP contribution in [0.4, 0.5) is 23.0 Å². The van der Waals surface area contributed by atoms with Gasteiger partial charge in [0.25, 0.3) is 0 Å². The number of anilines is 4. The largest absolute Gasteiger partial charge is 0.396 e. The van der Waals surface area contributed by atoms with Crippen LogP contribution in [0.5, 0.6) is 0 Å².